The van der Waals surface area contributed by atoms with Gasteiger partial charge in [0.05, 0.1) is 46.0 Å². The largest absolute Gasteiger partial charge is 0.416 e. The van der Waals surface area contributed by atoms with Crippen LogP contribution in [-0.2, 0) is 34.5 Å². The number of nitrogens with zero attached hydrogens (tertiary/aromatic N) is 3. The normalized spacial score (nSPS) is 20.6. The molecular formula is C41H40F5N3O3S. The molecule has 278 valence electrons. The van der Waals surface area contributed by atoms with Gasteiger partial charge in [0, 0.05) is 67.4 Å². The average molecular weight is 771 g/mol. The highest BCUT2D eigenvalue weighted by atomic mass is 32.2. The van der Waals surface area contributed by atoms with Gasteiger partial charge in [-0.15, -0.1) is 11.8 Å². The van der Waals surface area contributed by atoms with Crippen molar-refractivity contribution in [3.05, 3.63) is 135 Å². The van der Waals surface area contributed by atoms with E-state index >= 15 is 9.18 Å². The Balaban J connectivity index is 1.64. The fourth-order valence-electron chi connectivity index (χ4n) is 5.16. The van der Waals surface area contributed by atoms with E-state index in [-0.39, 0.29) is 43.3 Å². The number of alkyl halides is 3. The van der Waals surface area contributed by atoms with Crippen LogP contribution in [0.1, 0.15) is 63.9 Å². The van der Waals surface area contributed by atoms with Crippen LogP contribution in [0, 0.1) is 18.6 Å². The summed E-state index contributed by atoms with van der Waals surface area (Å²) >= 11 is -0.349. The zero-order valence-corrected chi connectivity index (χ0v) is 28.5. The fourth-order valence-corrected chi connectivity index (χ4v) is 5.91. The number of likely N-dealkylation sites (tertiary alicyclic amines) is 1. The van der Waals surface area contributed by atoms with E-state index in [1.54, 1.807) is 0 Å². The molecule has 1 saturated heterocycles. The van der Waals surface area contributed by atoms with Gasteiger partial charge >= 0.3 is 6.18 Å². The highest BCUT2D eigenvalue weighted by Gasteiger charge is 2.31. The van der Waals surface area contributed by atoms with E-state index in [4.69, 9.17) is 30.8 Å². The number of carbonyl (C=O) groups excluding carboxylic acids is 1. The second kappa shape index (κ2) is 16.7. The Morgan fingerprint density at radius 1 is 0.981 bits per heavy atom. The number of hydrogen-bond donors (Lipinski definition) is 0. The molecule has 1 aromatic heterocycles. The van der Waals surface area contributed by atoms with Crippen LogP contribution in [0.3, 0.4) is 0 Å². The number of rotatable bonds is 12. The van der Waals surface area contributed by atoms with Gasteiger partial charge in [-0.25, -0.2) is 8.78 Å². The summed E-state index contributed by atoms with van der Waals surface area (Å²) < 4.78 is 259. The molecule has 1 aliphatic rings. The van der Waals surface area contributed by atoms with Crippen molar-refractivity contribution in [3.63, 3.8) is 0 Å². The van der Waals surface area contributed by atoms with E-state index in [1.807, 2.05) is 0 Å². The number of aromatic nitrogens is 1. The molecule has 6 rings (SSSR count). The lowest BCUT2D eigenvalue weighted by Crippen LogP contribution is -2.48. The number of piperidine rings is 1. The molecule has 0 atom stereocenters. The van der Waals surface area contributed by atoms with Crippen molar-refractivity contribution in [1.29, 1.82) is 0 Å². The minimum atomic E-state index is -5.43. The first-order valence-corrected chi connectivity index (χ1v) is 16.4. The number of ether oxygens (including phenoxy) is 1. The zero-order valence-electron chi connectivity index (χ0n) is 48.7. The van der Waals surface area contributed by atoms with Crippen LogP contribution in [0.25, 0.3) is 22.0 Å². The number of hydrogen-bond acceptors (Lipinski definition) is 5. The molecule has 53 heavy (non-hydrogen) atoms. The number of halogens is 5. The third-order valence-corrected chi connectivity index (χ3v) is 8.56. The Hall–Kier alpha value is -4.52. The summed E-state index contributed by atoms with van der Waals surface area (Å²) in [7, 11) is 1.21. The van der Waals surface area contributed by atoms with Gasteiger partial charge < -0.3 is 19.1 Å². The maximum absolute atomic E-state index is 15.6. The molecule has 0 N–H and O–H groups in total. The van der Waals surface area contributed by atoms with Gasteiger partial charge in [-0.3, -0.25) is 9.59 Å². The first kappa shape index (κ1) is 19.7. The smallest absolute Gasteiger partial charge is 0.383 e. The van der Waals surface area contributed by atoms with Crippen LogP contribution in [0.4, 0.5) is 22.0 Å². The summed E-state index contributed by atoms with van der Waals surface area (Å²) in [5.41, 5.74) is -13.1. The number of benzene rings is 4. The first-order valence-electron chi connectivity index (χ1n) is 26.1. The molecule has 0 saturated carbocycles. The topological polar surface area (TPSA) is 54.8 Å². The molecule has 0 radical (unpaired) electrons. The quantitative estimate of drug-likeness (QED) is 0.0940. The molecule has 4 aromatic carbocycles. The van der Waals surface area contributed by atoms with Crippen molar-refractivity contribution >= 4 is 28.6 Å². The van der Waals surface area contributed by atoms with Gasteiger partial charge in [0.1, 0.15) is 6.54 Å². The van der Waals surface area contributed by atoms with Crippen molar-refractivity contribution in [1.82, 2.24) is 14.4 Å². The Morgan fingerprint density at radius 2 is 1.66 bits per heavy atom. The second-order valence-electron chi connectivity index (χ2n) is 11.3. The Kier molecular flexibility index (Phi) is 6.19. The van der Waals surface area contributed by atoms with Crippen molar-refractivity contribution in [2.45, 2.75) is 55.8 Å². The summed E-state index contributed by atoms with van der Waals surface area (Å²) in [4.78, 5) is 31.0. The van der Waals surface area contributed by atoms with Crippen LogP contribution in [-0.4, -0.2) is 59.6 Å². The van der Waals surface area contributed by atoms with Crippen LogP contribution in [0.2, 0.25) is 0 Å². The average Bonchev–Trinajstić information content (AvgIpc) is 3.30. The SMILES string of the molecule is [2H]c1c([2H])c(F)c(F)c(C([2H])([2H])Sc2c([2H])c(=O)c3c([2H])c(C)c([2H])c([2H])c3n2CC(=O)N(C2CCN(C([2H])([2H])COC)CC2)C([2H])([2H])c2c([2H])c([2H])c(-c3c([2H])c([2H])c(C(F)(F)F)c([2H])c3[2H])c([2H])c2[2H])c1[2H]. The number of amides is 1. The highest BCUT2D eigenvalue weighted by Crippen LogP contribution is 2.32. The van der Waals surface area contributed by atoms with Crippen LogP contribution in [0.15, 0.2) is 100 Å². The van der Waals surface area contributed by atoms with Gasteiger partial charge in [-0.1, -0.05) is 59.9 Å². The van der Waals surface area contributed by atoms with Crippen LogP contribution < -0.4 is 5.43 Å². The molecule has 1 fully saturated rings. The maximum atomic E-state index is 15.6. The van der Waals surface area contributed by atoms with Gasteiger partial charge in [-0.05, 0) is 66.7 Å². The van der Waals surface area contributed by atoms with E-state index < -0.39 is 201 Å². The standard InChI is InChI=1S/C41H40F5N3O3S/c1-27-6-15-36-34(22-27)37(50)23-39(53-26-31-4-3-5-35(42)40(31)43)49(36)25-38(51)48(33-16-18-47(19-17-33)20-21-52-2)24-28-7-9-29(10-8-28)30-11-13-32(14-12-30)41(44,45)46/h3-15,22-23,33H,16-21,24-26H2,1-2H3/i3D,4D,5D,6D,7D,8D,9D,10D,11D,12D,13D,14D,15D,20D2,22D,23D,24D2,26D2. The van der Waals surface area contributed by atoms with Gasteiger partial charge in [0.25, 0.3) is 0 Å². The van der Waals surface area contributed by atoms with Gasteiger partial charge in [-0.2, -0.15) is 13.2 Å². The lowest BCUT2D eigenvalue weighted by molar-refractivity contribution is -0.137. The molecule has 0 spiro atoms. The second-order valence-corrected chi connectivity index (χ2v) is 12.1. The number of pyridine rings is 1. The predicted octanol–water partition coefficient (Wildman–Crippen LogP) is 8.71. The molecule has 0 aliphatic carbocycles. The number of carbonyl (C=O) groups is 1. The monoisotopic (exact) mass is 770 g/mol. The molecule has 0 unspecified atom stereocenters. The minimum Gasteiger partial charge on any atom is -0.383 e. The fraction of sp³-hybridized carbons (Fsp3) is 0.317. The molecule has 2 heterocycles. The van der Waals surface area contributed by atoms with E-state index in [9.17, 15) is 25.1 Å². The molecule has 0 bridgehead atoms. The van der Waals surface area contributed by atoms with Crippen LogP contribution in [0.5, 0.6) is 0 Å². The molecule has 5 aromatic rings. The van der Waals surface area contributed by atoms with E-state index in [0.29, 0.717) is 9.47 Å². The zero-order chi connectivity index (χ0) is 56.1. The summed E-state index contributed by atoms with van der Waals surface area (Å²) in [5, 5.41) is -1.86. The Morgan fingerprint density at radius 3 is 2.32 bits per heavy atom. The third kappa shape index (κ3) is 9.17. The van der Waals surface area contributed by atoms with Gasteiger partial charge in [0.15, 0.2) is 17.1 Å². The predicted molar refractivity (Wildman–Crippen MR) is 198 cm³/mol. The summed E-state index contributed by atoms with van der Waals surface area (Å²) in [6.07, 6.45) is -6.16. The van der Waals surface area contributed by atoms with Crippen molar-refractivity contribution in [2.24, 2.45) is 0 Å². The summed E-state index contributed by atoms with van der Waals surface area (Å²) in [6, 6.07) is -20.9. The van der Waals surface area contributed by atoms with E-state index in [0.717, 1.165) is 6.92 Å². The van der Waals surface area contributed by atoms with Gasteiger partial charge in [0.2, 0.25) is 5.91 Å². The Labute approximate surface area is 338 Å². The molecular weight excluding hydrogens is 710 g/mol. The molecule has 1 aliphatic heterocycles. The maximum Gasteiger partial charge on any atom is 0.416 e. The van der Waals surface area contributed by atoms with Crippen molar-refractivity contribution in [3.8, 4) is 11.1 Å². The van der Waals surface area contributed by atoms with Crippen molar-refractivity contribution in [2.75, 3.05) is 33.3 Å². The summed E-state index contributed by atoms with van der Waals surface area (Å²) in [5.74, 6) is -5.73. The number of methoxy groups -OCH3 is 1. The van der Waals surface area contributed by atoms with E-state index in [2.05, 4.69) is 0 Å². The summed E-state index contributed by atoms with van der Waals surface area (Å²) in [6.45, 7) is -7.12. The lowest BCUT2D eigenvalue weighted by atomic mass is 10.00. The lowest BCUT2D eigenvalue weighted by Gasteiger charge is -2.39. The highest BCUT2D eigenvalue weighted by molar-refractivity contribution is 7.98. The first-order chi connectivity index (χ1) is 33.9. The third-order valence-electron chi connectivity index (χ3n) is 7.74. The van der Waals surface area contributed by atoms with E-state index in [1.165, 1.54) is 12.0 Å². The Bertz CT molecular complexity index is 3160. The molecule has 12 heteroatoms. The molecule has 1 amide bonds. The molecule has 6 nitrogen and oxygen atoms in total. The minimum absolute atomic E-state index is 0.279. The van der Waals surface area contributed by atoms with Crippen LogP contribution >= 0.6 is 11.8 Å². The number of fused-ring (bicyclic) bond motifs is 1. The number of thioether (sulfide) groups is 1. The van der Waals surface area contributed by atoms with Crippen molar-refractivity contribution < 1.29 is 60.3 Å².